The molecule has 0 radical (unpaired) electrons. The van der Waals surface area contributed by atoms with E-state index in [-0.39, 0.29) is 24.4 Å². The van der Waals surface area contributed by atoms with Crippen LogP contribution >= 0.6 is 11.3 Å². The van der Waals surface area contributed by atoms with Crippen LogP contribution in [0.2, 0.25) is 0 Å². The fraction of sp³-hybridized carbons (Fsp3) is 0.538. The van der Waals surface area contributed by atoms with Crippen LogP contribution in [0.5, 0.6) is 0 Å². The summed E-state index contributed by atoms with van der Waals surface area (Å²) in [6.45, 7) is 5.80. The highest BCUT2D eigenvalue weighted by Gasteiger charge is 2.33. The number of fused-ring (bicyclic) bond motifs is 1. The van der Waals surface area contributed by atoms with Gasteiger partial charge in [0.15, 0.2) is 0 Å². The van der Waals surface area contributed by atoms with Gasteiger partial charge in [-0.25, -0.2) is 0 Å². The summed E-state index contributed by atoms with van der Waals surface area (Å²) in [4.78, 5) is 31.4. The molecule has 1 atom stereocenters. The van der Waals surface area contributed by atoms with Gasteiger partial charge in [-0.2, -0.15) is 0 Å². The SMILES string of the molecule is CCCCCCCC(=O)N(CCC)CC(=O)N1CCc2sccc2C1c1ccccc1. The van der Waals surface area contributed by atoms with Crippen LogP contribution in [-0.2, 0) is 16.0 Å². The van der Waals surface area contributed by atoms with Crippen molar-refractivity contribution in [3.63, 3.8) is 0 Å². The molecule has 0 N–H and O–H groups in total. The molecule has 2 amide bonds. The molecule has 31 heavy (non-hydrogen) atoms. The lowest BCUT2D eigenvalue weighted by atomic mass is 9.93. The van der Waals surface area contributed by atoms with E-state index in [9.17, 15) is 9.59 Å². The van der Waals surface area contributed by atoms with E-state index in [0.717, 1.165) is 31.2 Å². The van der Waals surface area contributed by atoms with Crippen molar-refractivity contribution < 1.29 is 9.59 Å². The van der Waals surface area contributed by atoms with Gasteiger partial charge in [-0.05, 0) is 41.8 Å². The van der Waals surface area contributed by atoms with E-state index in [0.29, 0.717) is 19.5 Å². The van der Waals surface area contributed by atoms with Gasteiger partial charge in [0, 0.05) is 24.4 Å². The van der Waals surface area contributed by atoms with E-state index in [4.69, 9.17) is 0 Å². The molecule has 1 aromatic heterocycles. The van der Waals surface area contributed by atoms with Crippen molar-refractivity contribution in [2.45, 2.75) is 71.3 Å². The van der Waals surface area contributed by atoms with Crippen molar-refractivity contribution in [1.29, 1.82) is 0 Å². The maximum Gasteiger partial charge on any atom is 0.242 e. The Morgan fingerprint density at radius 3 is 2.55 bits per heavy atom. The lowest BCUT2D eigenvalue weighted by Gasteiger charge is -2.37. The molecule has 1 aliphatic heterocycles. The summed E-state index contributed by atoms with van der Waals surface area (Å²) in [5, 5.41) is 2.13. The summed E-state index contributed by atoms with van der Waals surface area (Å²) in [5.41, 5.74) is 2.37. The van der Waals surface area contributed by atoms with Crippen LogP contribution in [0, 0.1) is 0 Å². The molecule has 2 heterocycles. The zero-order valence-corrected chi connectivity index (χ0v) is 19.8. The molecular formula is C26H36N2O2S. The highest BCUT2D eigenvalue weighted by molar-refractivity contribution is 7.10. The first kappa shape index (κ1) is 23.5. The van der Waals surface area contributed by atoms with E-state index in [1.807, 2.05) is 23.1 Å². The summed E-state index contributed by atoms with van der Waals surface area (Å²) in [7, 11) is 0. The van der Waals surface area contributed by atoms with Gasteiger partial charge in [-0.1, -0.05) is 69.9 Å². The molecule has 1 unspecified atom stereocenters. The first-order valence-electron chi connectivity index (χ1n) is 11.8. The van der Waals surface area contributed by atoms with Gasteiger partial charge >= 0.3 is 0 Å². The Bertz CT molecular complexity index is 833. The van der Waals surface area contributed by atoms with Crippen molar-refractivity contribution >= 4 is 23.2 Å². The topological polar surface area (TPSA) is 40.6 Å². The van der Waals surface area contributed by atoms with Crippen LogP contribution < -0.4 is 0 Å². The number of carbonyl (C=O) groups is 2. The molecule has 4 nitrogen and oxygen atoms in total. The van der Waals surface area contributed by atoms with Gasteiger partial charge in [-0.15, -0.1) is 11.3 Å². The fourth-order valence-electron chi connectivity index (χ4n) is 4.43. The van der Waals surface area contributed by atoms with E-state index < -0.39 is 0 Å². The largest absolute Gasteiger partial charge is 0.333 e. The van der Waals surface area contributed by atoms with E-state index in [1.54, 1.807) is 16.2 Å². The Labute approximate surface area is 191 Å². The highest BCUT2D eigenvalue weighted by Crippen LogP contribution is 2.37. The molecule has 1 aliphatic rings. The summed E-state index contributed by atoms with van der Waals surface area (Å²) >= 11 is 1.78. The predicted octanol–water partition coefficient (Wildman–Crippen LogP) is 5.82. The fourth-order valence-corrected chi connectivity index (χ4v) is 5.34. The monoisotopic (exact) mass is 440 g/mol. The Kier molecular flexibility index (Phi) is 9.13. The van der Waals surface area contributed by atoms with Crippen LogP contribution in [0.15, 0.2) is 41.8 Å². The number of rotatable bonds is 11. The normalized spacial score (nSPS) is 15.5. The van der Waals surface area contributed by atoms with Crippen molar-refractivity contribution in [3.05, 3.63) is 57.8 Å². The molecule has 5 heteroatoms. The smallest absolute Gasteiger partial charge is 0.242 e. The predicted molar refractivity (Wildman–Crippen MR) is 128 cm³/mol. The first-order valence-corrected chi connectivity index (χ1v) is 12.7. The average Bonchev–Trinajstić information content (AvgIpc) is 3.27. The average molecular weight is 441 g/mol. The third kappa shape index (κ3) is 6.19. The van der Waals surface area contributed by atoms with Crippen molar-refractivity contribution in [3.8, 4) is 0 Å². The number of amides is 2. The number of benzene rings is 1. The molecular weight excluding hydrogens is 404 g/mol. The first-order chi connectivity index (χ1) is 15.2. The summed E-state index contributed by atoms with van der Waals surface area (Å²) in [5.74, 6) is 0.176. The van der Waals surface area contributed by atoms with Gasteiger partial charge in [0.1, 0.15) is 0 Å². The Hall–Kier alpha value is -2.14. The maximum atomic E-state index is 13.5. The second-order valence-corrected chi connectivity index (χ2v) is 9.43. The lowest BCUT2D eigenvalue weighted by Crippen LogP contribution is -2.47. The molecule has 0 fully saturated rings. The zero-order valence-electron chi connectivity index (χ0n) is 19.0. The third-order valence-corrected chi connectivity index (χ3v) is 7.06. The molecule has 0 spiro atoms. The van der Waals surface area contributed by atoms with E-state index in [1.165, 1.54) is 29.7 Å². The lowest BCUT2D eigenvalue weighted by molar-refractivity contribution is -0.141. The highest BCUT2D eigenvalue weighted by atomic mass is 32.1. The molecule has 0 bridgehead atoms. The Morgan fingerprint density at radius 2 is 1.81 bits per heavy atom. The number of hydrogen-bond donors (Lipinski definition) is 0. The van der Waals surface area contributed by atoms with Crippen LogP contribution in [0.3, 0.4) is 0 Å². The summed E-state index contributed by atoms with van der Waals surface area (Å²) in [6, 6.07) is 12.4. The van der Waals surface area contributed by atoms with Gasteiger partial charge in [-0.3, -0.25) is 9.59 Å². The molecule has 168 valence electrons. The van der Waals surface area contributed by atoms with E-state index in [2.05, 4.69) is 37.4 Å². The number of carbonyl (C=O) groups excluding carboxylic acids is 2. The second-order valence-electron chi connectivity index (χ2n) is 8.43. The summed E-state index contributed by atoms with van der Waals surface area (Å²) in [6.07, 6.45) is 7.94. The molecule has 3 rings (SSSR count). The standard InChI is InChI=1S/C26H36N2O2S/c1-3-5-6-7-11-14-24(29)27(17-4-2)20-25(30)28-18-15-23-22(16-19-31-23)26(28)21-12-9-8-10-13-21/h8-10,12-13,16,19,26H,3-7,11,14-15,17-18,20H2,1-2H3. The second kappa shape index (κ2) is 12.0. The Balaban J connectivity index is 1.69. The van der Waals surface area contributed by atoms with Gasteiger partial charge in [0.05, 0.1) is 12.6 Å². The van der Waals surface area contributed by atoms with Gasteiger partial charge in [0.2, 0.25) is 11.8 Å². The van der Waals surface area contributed by atoms with Crippen molar-refractivity contribution in [1.82, 2.24) is 9.80 Å². The third-order valence-electron chi connectivity index (χ3n) is 6.07. The molecule has 0 saturated heterocycles. The zero-order chi connectivity index (χ0) is 22.1. The van der Waals surface area contributed by atoms with Crippen LogP contribution in [0.4, 0.5) is 0 Å². The minimum Gasteiger partial charge on any atom is -0.333 e. The molecule has 2 aromatic rings. The summed E-state index contributed by atoms with van der Waals surface area (Å²) < 4.78 is 0. The molecule has 0 aliphatic carbocycles. The van der Waals surface area contributed by atoms with Gasteiger partial charge in [0.25, 0.3) is 0 Å². The maximum absolute atomic E-state index is 13.5. The van der Waals surface area contributed by atoms with Crippen molar-refractivity contribution in [2.24, 2.45) is 0 Å². The number of hydrogen-bond acceptors (Lipinski definition) is 3. The molecule has 1 aromatic carbocycles. The number of nitrogens with zero attached hydrogens (tertiary/aromatic N) is 2. The minimum atomic E-state index is -0.0590. The van der Waals surface area contributed by atoms with Crippen LogP contribution in [-0.4, -0.2) is 41.2 Å². The molecule has 0 saturated carbocycles. The minimum absolute atomic E-state index is 0.0542. The quantitative estimate of drug-likeness (QED) is 0.413. The van der Waals surface area contributed by atoms with Crippen LogP contribution in [0.25, 0.3) is 0 Å². The van der Waals surface area contributed by atoms with E-state index >= 15 is 0 Å². The number of unbranched alkanes of at least 4 members (excludes halogenated alkanes) is 4. The number of thiophene rings is 1. The van der Waals surface area contributed by atoms with Crippen LogP contribution in [0.1, 0.15) is 80.8 Å². The Morgan fingerprint density at radius 1 is 1.03 bits per heavy atom. The van der Waals surface area contributed by atoms with Crippen molar-refractivity contribution in [2.75, 3.05) is 19.6 Å². The van der Waals surface area contributed by atoms with Gasteiger partial charge < -0.3 is 9.80 Å².